The fourth-order valence-corrected chi connectivity index (χ4v) is 1.72. The summed E-state index contributed by atoms with van der Waals surface area (Å²) in [6.45, 7) is 0. The van der Waals surface area contributed by atoms with Gasteiger partial charge in [-0.2, -0.15) is 0 Å². The number of nitrogens with two attached hydrogens (primary N) is 1. The van der Waals surface area contributed by atoms with Crippen molar-refractivity contribution in [1.29, 1.82) is 0 Å². The lowest BCUT2D eigenvalue weighted by molar-refractivity contribution is 0.410. The zero-order chi connectivity index (χ0) is 10.3. The Hall–Kier alpha value is -0.800. The van der Waals surface area contributed by atoms with E-state index in [1.165, 1.54) is 7.11 Å². The van der Waals surface area contributed by atoms with E-state index >= 15 is 0 Å². The normalized spacial score (nSPS) is 18.0. The summed E-state index contributed by atoms with van der Waals surface area (Å²) in [5.74, 6) is -0.108. The fourth-order valence-electron chi connectivity index (χ4n) is 1.48. The summed E-state index contributed by atoms with van der Waals surface area (Å²) in [7, 11) is 1.45. The topological polar surface area (TPSA) is 35.2 Å². The molecule has 0 heterocycles. The lowest BCUT2D eigenvalue weighted by atomic mass is 10.1. The van der Waals surface area contributed by atoms with E-state index in [2.05, 4.69) is 0 Å². The van der Waals surface area contributed by atoms with Crippen molar-refractivity contribution in [3.05, 3.63) is 28.5 Å². The largest absolute Gasteiger partial charge is 0.495 e. The van der Waals surface area contributed by atoms with E-state index < -0.39 is 11.4 Å². The Balaban J connectivity index is 2.49. The third-order valence-electron chi connectivity index (χ3n) is 2.59. The molecule has 76 valence electrons. The highest BCUT2D eigenvalue weighted by atomic mass is 35.5. The van der Waals surface area contributed by atoms with Crippen molar-refractivity contribution in [2.45, 2.75) is 18.4 Å². The van der Waals surface area contributed by atoms with E-state index in [-0.39, 0.29) is 5.02 Å². The van der Waals surface area contributed by atoms with Crippen molar-refractivity contribution >= 4 is 11.6 Å². The maximum Gasteiger partial charge on any atom is 0.150 e. The minimum atomic E-state index is -0.500. The molecule has 1 aromatic rings. The summed E-state index contributed by atoms with van der Waals surface area (Å²) in [5.41, 5.74) is 5.88. The molecule has 0 saturated heterocycles. The second-order valence-corrected chi connectivity index (χ2v) is 3.98. The van der Waals surface area contributed by atoms with Gasteiger partial charge in [-0.3, -0.25) is 0 Å². The van der Waals surface area contributed by atoms with Crippen molar-refractivity contribution in [3.63, 3.8) is 0 Å². The van der Waals surface area contributed by atoms with Crippen LogP contribution in [0.3, 0.4) is 0 Å². The average Bonchev–Trinajstić information content (AvgIpc) is 2.89. The number of benzene rings is 1. The highest BCUT2D eigenvalue weighted by Crippen LogP contribution is 2.46. The van der Waals surface area contributed by atoms with Gasteiger partial charge in [0.25, 0.3) is 0 Å². The molecule has 1 saturated carbocycles. The van der Waals surface area contributed by atoms with Crippen LogP contribution in [0.15, 0.2) is 12.1 Å². The summed E-state index contributed by atoms with van der Waals surface area (Å²) < 4.78 is 18.6. The molecule has 14 heavy (non-hydrogen) atoms. The van der Waals surface area contributed by atoms with Crippen molar-refractivity contribution in [3.8, 4) is 5.75 Å². The first kappa shape index (κ1) is 9.74. The van der Waals surface area contributed by atoms with Gasteiger partial charge in [-0.25, -0.2) is 4.39 Å². The predicted molar refractivity (Wildman–Crippen MR) is 53.1 cm³/mol. The van der Waals surface area contributed by atoms with Gasteiger partial charge in [0.1, 0.15) is 10.8 Å². The zero-order valence-corrected chi connectivity index (χ0v) is 8.57. The molecule has 2 N–H and O–H groups in total. The first-order valence-corrected chi connectivity index (χ1v) is 4.77. The van der Waals surface area contributed by atoms with Crippen molar-refractivity contribution in [2.75, 3.05) is 7.11 Å². The molecule has 0 radical (unpaired) electrons. The summed E-state index contributed by atoms with van der Waals surface area (Å²) in [4.78, 5) is 0. The minimum absolute atomic E-state index is 0.0155. The summed E-state index contributed by atoms with van der Waals surface area (Å²) >= 11 is 5.78. The summed E-state index contributed by atoms with van der Waals surface area (Å²) in [6.07, 6.45) is 1.62. The Morgan fingerprint density at radius 3 is 2.64 bits per heavy atom. The van der Waals surface area contributed by atoms with Crippen LogP contribution in [-0.4, -0.2) is 7.11 Å². The van der Waals surface area contributed by atoms with E-state index in [1.807, 2.05) is 0 Å². The summed E-state index contributed by atoms with van der Waals surface area (Å²) in [6, 6.07) is 3.29. The summed E-state index contributed by atoms with van der Waals surface area (Å²) in [5, 5.41) is 0.0155. The SMILES string of the molecule is COc1ccc(C2(N)CC2)c(F)c1Cl. The molecule has 0 spiro atoms. The van der Waals surface area contributed by atoms with Crippen LogP contribution >= 0.6 is 11.6 Å². The Labute approximate surface area is 86.8 Å². The molecule has 4 heteroatoms. The van der Waals surface area contributed by atoms with Crippen LogP contribution in [-0.2, 0) is 5.54 Å². The van der Waals surface area contributed by atoms with Crippen LogP contribution in [0.5, 0.6) is 5.75 Å². The molecule has 0 atom stereocenters. The van der Waals surface area contributed by atoms with E-state index in [9.17, 15) is 4.39 Å². The van der Waals surface area contributed by atoms with E-state index in [0.717, 1.165) is 12.8 Å². The molecular formula is C10H11ClFNO. The average molecular weight is 216 g/mol. The Kier molecular flexibility index (Phi) is 2.16. The van der Waals surface area contributed by atoms with Gasteiger partial charge in [-0.1, -0.05) is 17.7 Å². The maximum atomic E-state index is 13.7. The van der Waals surface area contributed by atoms with Crippen molar-refractivity contribution in [2.24, 2.45) is 5.73 Å². The third kappa shape index (κ3) is 1.37. The van der Waals surface area contributed by atoms with Gasteiger partial charge >= 0.3 is 0 Å². The second kappa shape index (κ2) is 3.11. The molecule has 0 amide bonds. The molecule has 0 aliphatic heterocycles. The first-order chi connectivity index (χ1) is 6.58. The minimum Gasteiger partial charge on any atom is -0.495 e. The van der Waals surface area contributed by atoms with Crippen LogP contribution in [0.25, 0.3) is 0 Å². The van der Waals surface area contributed by atoms with Crippen LogP contribution in [0.4, 0.5) is 4.39 Å². The second-order valence-electron chi connectivity index (χ2n) is 3.60. The van der Waals surface area contributed by atoms with E-state index in [4.69, 9.17) is 22.1 Å². The van der Waals surface area contributed by atoms with Crippen LogP contribution in [0.2, 0.25) is 5.02 Å². The van der Waals surface area contributed by atoms with Crippen molar-refractivity contribution in [1.82, 2.24) is 0 Å². The number of rotatable bonds is 2. The van der Waals surface area contributed by atoms with Gasteiger partial charge in [0, 0.05) is 11.1 Å². The number of hydrogen-bond donors (Lipinski definition) is 1. The molecule has 2 rings (SSSR count). The monoisotopic (exact) mass is 215 g/mol. The fraction of sp³-hybridized carbons (Fsp3) is 0.400. The Bertz CT molecular complexity index is 377. The molecule has 2 nitrogen and oxygen atoms in total. The van der Waals surface area contributed by atoms with Gasteiger partial charge in [0.15, 0.2) is 5.82 Å². The highest BCUT2D eigenvalue weighted by molar-refractivity contribution is 6.32. The molecular weight excluding hydrogens is 205 g/mol. The quantitative estimate of drug-likeness (QED) is 0.823. The van der Waals surface area contributed by atoms with Gasteiger partial charge in [0.05, 0.1) is 7.11 Å². The predicted octanol–water partition coefficient (Wildman–Crippen LogP) is 2.44. The third-order valence-corrected chi connectivity index (χ3v) is 2.94. The van der Waals surface area contributed by atoms with Gasteiger partial charge in [-0.15, -0.1) is 0 Å². The van der Waals surface area contributed by atoms with Crippen LogP contribution < -0.4 is 10.5 Å². The maximum absolute atomic E-state index is 13.7. The number of halogens is 2. The molecule has 1 aliphatic carbocycles. The van der Waals surface area contributed by atoms with Gasteiger partial charge in [-0.05, 0) is 18.9 Å². The Morgan fingerprint density at radius 1 is 1.50 bits per heavy atom. The lowest BCUT2D eigenvalue weighted by Gasteiger charge is -2.13. The Morgan fingerprint density at radius 2 is 2.14 bits per heavy atom. The van der Waals surface area contributed by atoms with Crippen LogP contribution in [0, 0.1) is 5.82 Å². The van der Waals surface area contributed by atoms with Crippen LogP contribution in [0.1, 0.15) is 18.4 Å². The van der Waals surface area contributed by atoms with E-state index in [1.54, 1.807) is 12.1 Å². The van der Waals surface area contributed by atoms with E-state index in [0.29, 0.717) is 11.3 Å². The number of ether oxygens (including phenoxy) is 1. The van der Waals surface area contributed by atoms with Crippen molar-refractivity contribution < 1.29 is 9.13 Å². The highest BCUT2D eigenvalue weighted by Gasteiger charge is 2.42. The first-order valence-electron chi connectivity index (χ1n) is 4.40. The zero-order valence-electron chi connectivity index (χ0n) is 7.81. The standard InChI is InChI=1S/C10H11ClFNO/c1-14-7-3-2-6(9(12)8(7)11)10(13)4-5-10/h2-3H,4-5,13H2,1H3. The lowest BCUT2D eigenvalue weighted by Crippen LogP contribution is -2.20. The number of methoxy groups -OCH3 is 1. The molecule has 1 fully saturated rings. The molecule has 0 aromatic heterocycles. The smallest absolute Gasteiger partial charge is 0.150 e. The number of hydrogen-bond acceptors (Lipinski definition) is 2. The molecule has 0 bridgehead atoms. The molecule has 1 aromatic carbocycles. The molecule has 1 aliphatic rings. The van der Waals surface area contributed by atoms with Gasteiger partial charge in [0.2, 0.25) is 0 Å². The van der Waals surface area contributed by atoms with Gasteiger partial charge < -0.3 is 10.5 Å². The molecule has 0 unspecified atom stereocenters.